The number of carbonyl (C=O) groups is 1. The zero-order valence-electron chi connectivity index (χ0n) is 14.5. The van der Waals surface area contributed by atoms with E-state index in [1.807, 2.05) is 19.1 Å². The first-order valence-electron chi connectivity index (χ1n) is 8.19. The number of hydrogen-bond donors (Lipinski definition) is 1. The third-order valence-electron chi connectivity index (χ3n) is 4.49. The van der Waals surface area contributed by atoms with E-state index in [4.69, 9.17) is 0 Å². The maximum Gasteiger partial charge on any atom is 0.324 e. The van der Waals surface area contributed by atoms with Gasteiger partial charge in [-0.1, -0.05) is 41.9 Å². The fraction of sp³-hybridized carbons (Fsp3) is 0.412. The van der Waals surface area contributed by atoms with E-state index in [2.05, 4.69) is 20.8 Å². The van der Waals surface area contributed by atoms with Crippen LogP contribution in [-0.2, 0) is 7.05 Å². The predicted octanol–water partition coefficient (Wildman–Crippen LogP) is 2.61. The number of aromatic nitrogens is 4. The van der Waals surface area contributed by atoms with Crippen LogP contribution in [0.5, 0.6) is 0 Å². The molecule has 0 saturated carbocycles. The number of halogens is 1. The molecular formula is C17H21FN6O. The van der Waals surface area contributed by atoms with E-state index in [9.17, 15) is 9.18 Å². The van der Waals surface area contributed by atoms with Crippen LogP contribution >= 0.6 is 0 Å². The number of benzene rings is 1. The van der Waals surface area contributed by atoms with Gasteiger partial charge in [-0.3, -0.25) is 5.32 Å². The van der Waals surface area contributed by atoms with Crippen molar-refractivity contribution in [3.8, 4) is 0 Å². The number of nitrogens with one attached hydrogen (secondary N) is 1. The highest BCUT2D eigenvalue weighted by molar-refractivity contribution is 5.87. The Morgan fingerprint density at radius 2 is 2.24 bits per heavy atom. The van der Waals surface area contributed by atoms with Gasteiger partial charge in [-0.05, 0) is 35.3 Å². The summed E-state index contributed by atoms with van der Waals surface area (Å²) in [6.07, 6.45) is 2.62. The average Bonchev–Trinajstić information content (AvgIpc) is 2.98. The summed E-state index contributed by atoms with van der Waals surface area (Å²) in [5, 5.41) is 13.6. The third kappa shape index (κ3) is 3.67. The highest BCUT2D eigenvalue weighted by atomic mass is 19.1. The lowest BCUT2D eigenvalue weighted by Crippen LogP contribution is -2.42. The van der Waals surface area contributed by atoms with Crippen LogP contribution in [0.4, 0.5) is 15.1 Å². The summed E-state index contributed by atoms with van der Waals surface area (Å²) < 4.78 is 15.6. The fourth-order valence-corrected chi connectivity index (χ4v) is 2.94. The summed E-state index contributed by atoms with van der Waals surface area (Å²) in [6, 6.07) is 5.16. The molecular weight excluding hydrogens is 323 g/mol. The first-order chi connectivity index (χ1) is 12.0. The minimum Gasteiger partial charge on any atom is -0.324 e. The maximum atomic E-state index is 14.2. The molecule has 0 spiro atoms. The van der Waals surface area contributed by atoms with Crippen molar-refractivity contribution in [1.82, 2.24) is 25.1 Å². The molecule has 2 amide bonds. The molecule has 2 heterocycles. The Kier molecular flexibility index (Phi) is 4.78. The molecule has 25 heavy (non-hydrogen) atoms. The topological polar surface area (TPSA) is 75.9 Å². The zero-order valence-corrected chi connectivity index (χ0v) is 14.5. The molecule has 1 saturated heterocycles. The lowest BCUT2D eigenvalue weighted by molar-refractivity contribution is 0.197. The van der Waals surface area contributed by atoms with Crippen molar-refractivity contribution in [3.05, 3.63) is 40.7 Å². The quantitative estimate of drug-likeness (QED) is 0.909. The molecule has 132 valence electrons. The number of hydrogen-bond acceptors (Lipinski definition) is 4. The second kappa shape index (κ2) is 7.00. The van der Waals surface area contributed by atoms with Gasteiger partial charge in [0, 0.05) is 25.7 Å². The second-order valence-electron chi connectivity index (χ2n) is 6.35. The first kappa shape index (κ1) is 17.1. The van der Waals surface area contributed by atoms with Crippen LogP contribution in [0.25, 0.3) is 6.08 Å². The summed E-state index contributed by atoms with van der Waals surface area (Å²) in [4.78, 5) is 14.1. The Morgan fingerprint density at radius 3 is 2.92 bits per heavy atom. The van der Waals surface area contributed by atoms with Gasteiger partial charge in [0.05, 0.1) is 0 Å². The van der Waals surface area contributed by atoms with Gasteiger partial charge in [-0.25, -0.2) is 13.9 Å². The molecule has 7 nitrogen and oxygen atoms in total. The van der Waals surface area contributed by atoms with Gasteiger partial charge >= 0.3 is 6.03 Å². The first-order valence-corrected chi connectivity index (χ1v) is 8.19. The number of piperidine rings is 1. The van der Waals surface area contributed by atoms with Crippen LogP contribution in [0.3, 0.4) is 0 Å². The van der Waals surface area contributed by atoms with E-state index < -0.39 is 0 Å². The van der Waals surface area contributed by atoms with Gasteiger partial charge in [0.1, 0.15) is 5.82 Å². The highest BCUT2D eigenvalue weighted by Gasteiger charge is 2.25. The van der Waals surface area contributed by atoms with Crippen molar-refractivity contribution in [1.29, 1.82) is 0 Å². The van der Waals surface area contributed by atoms with E-state index >= 15 is 0 Å². The summed E-state index contributed by atoms with van der Waals surface area (Å²) in [5.74, 6) is 0.273. The van der Waals surface area contributed by atoms with Gasteiger partial charge < -0.3 is 4.90 Å². The van der Waals surface area contributed by atoms with Gasteiger partial charge in [0.2, 0.25) is 0 Å². The Bertz CT molecular complexity index is 815. The summed E-state index contributed by atoms with van der Waals surface area (Å²) >= 11 is 0. The summed E-state index contributed by atoms with van der Waals surface area (Å²) in [7, 11) is 1.66. The molecule has 1 aromatic heterocycles. The average molecular weight is 344 g/mol. The van der Waals surface area contributed by atoms with Crippen molar-refractivity contribution in [3.63, 3.8) is 0 Å². The molecule has 2 aromatic rings. The molecule has 0 radical (unpaired) electrons. The standard InChI is InChI=1S/C17H21FN6O/c1-11-5-4-6-14(15(11)18)9-13-7-8-24(10-12(13)2)17(25)19-16-20-21-22-23(16)3/h4-6,9,12H,7-8,10H2,1-3H3,(H,19,20,22,25)/b13-9+. The summed E-state index contributed by atoms with van der Waals surface area (Å²) in [5.41, 5.74) is 2.38. The number of amides is 2. The van der Waals surface area contributed by atoms with Crippen molar-refractivity contribution in [2.45, 2.75) is 20.3 Å². The van der Waals surface area contributed by atoms with Crippen molar-refractivity contribution in [2.75, 3.05) is 18.4 Å². The Balaban J connectivity index is 1.68. The number of rotatable bonds is 2. The predicted molar refractivity (Wildman–Crippen MR) is 92.3 cm³/mol. The van der Waals surface area contributed by atoms with Crippen molar-refractivity contribution >= 4 is 18.1 Å². The molecule has 3 rings (SSSR count). The van der Waals surface area contributed by atoms with Crippen LogP contribution < -0.4 is 5.32 Å². The van der Waals surface area contributed by atoms with E-state index in [-0.39, 0.29) is 17.8 Å². The highest BCUT2D eigenvalue weighted by Crippen LogP contribution is 2.26. The van der Waals surface area contributed by atoms with Crippen LogP contribution in [0.2, 0.25) is 0 Å². The van der Waals surface area contributed by atoms with E-state index in [1.165, 1.54) is 4.68 Å². The molecule has 1 fully saturated rings. The number of anilines is 1. The zero-order chi connectivity index (χ0) is 18.0. The molecule has 1 unspecified atom stereocenters. The van der Waals surface area contributed by atoms with Crippen LogP contribution in [0.15, 0.2) is 23.8 Å². The molecule has 1 atom stereocenters. The molecule has 1 aromatic carbocycles. The number of urea groups is 1. The fourth-order valence-electron chi connectivity index (χ4n) is 2.94. The van der Waals surface area contributed by atoms with Crippen LogP contribution in [0.1, 0.15) is 24.5 Å². The van der Waals surface area contributed by atoms with Gasteiger partial charge in [-0.15, -0.1) is 0 Å². The number of aryl methyl sites for hydroxylation is 2. The monoisotopic (exact) mass is 344 g/mol. The SMILES string of the molecule is Cc1cccc(/C=C2\CCN(C(=O)Nc3nnnn3C)CC2C)c1F. The van der Waals surface area contributed by atoms with Gasteiger partial charge in [0.15, 0.2) is 0 Å². The molecule has 1 aliphatic heterocycles. The molecule has 8 heteroatoms. The van der Waals surface area contributed by atoms with E-state index in [1.54, 1.807) is 31.0 Å². The normalized spacial score (nSPS) is 19.3. The minimum absolute atomic E-state index is 0.150. The number of nitrogens with zero attached hydrogens (tertiary/aromatic N) is 5. The smallest absolute Gasteiger partial charge is 0.324 e. The van der Waals surface area contributed by atoms with Gasteiger partial charge in [0.25, 0.3) is 5.95 Å². The van der Waals surface area contributed by atoms with Crippen LogP contribution in [-0.4, -0.2) is 44.2 Å². The van der Waals surface area contributed by atoms with Crippen molar-refractivity contribution < 1.29 is 9.18 Å². The lowest BCUT2D eigenvalue weighted by atomic mass is 9.91. The second-order valence-corrected chi connectivity index (χ2v) is 6.35. The Morgan fingerprint density at radius 1 is 1.44 bits per heavy atom. The van der Waals surface area contributed by atoms with E-state index in [0.717, 1.165) is 5.57 Å². The minimum atomic E-state index is -0.231. The van der Waals surface area contributed by atoms with Crippen molar-refractivity contribution in [2.24, 2.45) is 13.0 Å². The number of carbonyl (C=O) groups excluding carboxylic acids is 1. The summed E-state index contributed by atoms with van der Waals surface area (Å²) in [6.45, 7) is 4.94. The Labute approximate surface area is 145 Å². The van der Waals surface area contributed by atoms with Crippen LogP contribution in [0, 0.1) is 18.7 Å². The number of tetrazole rings is 1. The maximum absolute atomic E-state index is 14.2. The molecule has 1 N–H and O–H groups in total. The largest absolute Gasteiger partial charge is 0.324 e. The number of likely N-dealkylation sites (tertiary alicyclic amines) is 1. The lowest BCUT2D eigenvalue weighted by Gasteiger charge is -2.33. The third-order valence-corrected chi connectivity index (χ3v) is 4.49. The molecule has 1 aliphatic rings. The Hall–Kier alpha value is -2.77. The molecule has 0 bridgehead atoms. The van der Waals surface area contributed by atoms with Gasteiger partial charge in [-0.2, -0.15) is 0 Å². The van der Waals surface area contributed by atoms with E-state index in [0.29, 0.717) is 36.6 Å². The molecule has 0 aliphatic carbocycles.